The number of nitrogens with two attached hydrogens (primary N) is 1. The first-order valence-corrected chi connectivity index (χ1v) is 3.45. The summed E-state index contributed by atoms with van der Waals surface area (Å²) in [4.78, 5) is 7.77. The predicted molar refractivity (Wildman–Crippen MR) is 41.2 cm³/mol. The number of hydrogen-bond donors (Lipinski definition) is 1. The fraction of sp³-hybridized carbons (Fsp3) is 0.429. The summed E-state index contributed by atoms with van der Waals surface area (Å²) < 4.78 is 5.26. The third-order valence-electron chi connectivity index (χ3n) is 1.19. The predicted octanol–water partition coefficient (Wildman–Crippen LogP) is 0.203. The molecule has 1 unspecified atom stereocenters. The van der Waals surface area contributed by atoms with Crippen LogP contribution < -0.4 is 10.5 Å². The summed E-state index contributed by atoms with van der Waals surface area (Å²) in [6.07, 6.45) is 4.73. The number of hydrogen-bond acceptors (Lipinski definition) is 4. The normalized spacial score (nSPS) is 12.5. The number of rotatable bonds is 3. The van der Waals surface area contributed by atoms with E-state index in [1.54, 1.807) is 18.6 Å². The maximum Gasteiger partial charge on any atom is 0.232 e. The molecule has 0 aliphatic carbocycles. The second-order valence-electron chi connectivity index (χ2n) is 2.21. The summed E-state index contributed by atoms with van der Waals surface area (Å²) in [6.45, 7) is 2.37. The first-order chi connectivity index (χ1) is 5.33. The number of aromatic nitrogens is 2. The molecule has 0 spiro atoms. The van der Waals surface area contributed by atoms with Crippen molar-refractivity contribution < 1.29 is 4.74 Å². The van der Waals surface area contributed by atoms with Gasteiger partial charge in [-0.1, -0.05) is 0 Å². The van der Waals surface area contributed by atoms with Crippen molar-refractivity contribution in [1.82, 2.24) is 9.97 Å². The fourth-order valence-corrected chi connectivity index (χ4v) is 0.601. The van der Waals surface area contributed by atoms with E-state index in [1.165, 1.54) is 0 Å². The van der Waals surface area contributed by atoms with Crippen molar-refractivity contribution in [2.45, 2.75) is 13.0 Å². The average Bonchev–Trinajstić information content (AvgIpc) is 2.06. The molecule has 0 saturated heterocycles. The summed E-state index contributed by atoms with van der Waals surface area (Å²) in [5, 5.41) is 0. The molecule has 11 heavy (non-hydrogen) atoms. The zero-order valence-electron chi connectivity index (χ0n) is 6.40. The zero-order valence-corrected chi connectivity index (χ0v) is 6.40. The molecule has 1 aromatic heterocycles. The van der Waals surface area contributed by atoms with E-state index in [0.29, 0.717) is 12.4 Å². The van der Waals surface area contributed by atoms with Crippen molar-refractivity contribution in [2.24, 2.45) is 5.73 Å². The van der Waals surface area contributed by atoms with Gasteiger partial charge in [-0.2, -0.15) is 0 Å². The van der Waals surface area contributed by atoms with Crippen LogP contribution in [0.4, 0.5) is 0 Å². The van der Waals surface area contributed by atoms with Crippen LogP contribution >= 0.6 is 0 Å². The highest BCUT2D eigenvalue weighted by atomic mass is 16.5. The van der Waals surface area contributed by atoms with Crippen LogP contribution in [0.25, 0.3) is 0 Å². The molecule has 1 rings (SSSR count). The van der Waals surface area contributed by atoms with Crippen molar-refractivity contribution in [2.75, 3.05) is 6.54 Å². The Balaban J connectivity index is 2.51. The summed E-state index contributed by atoms with van der Waals surface area (Å²) in [5.41, 5.74) is 5.35. The van der Waals surface area contributed by atoms with E-state index < -0.39 is 0 Å². The lowest BCUT2D eigenvalue weighted by Gasteiger charge is -2.09. The topological polar surface area (TPSA) is 61.0 Å². The van der Waals surface area contributed by atoms with Gasteiger partial charge in [-0.25, -0.2) is 4.98 Å². The third-order valence-corrected chi connectivity index (χ3v) is 1.19. The van der Waals surface area contributed by atoms with Crippen LogP contribution in [0.1, 0.15) is 6.92 Å². The minimum Gasteiger partial charge on any atom is -0.472 e. The molecule has 0 radical (unpaired) electrons. The lowest BCUT2D eigenvalue weighted by molar-refractivity contribution is 0.219. The first-order valence-electron chi connectivity index (χ1n) is 3.45. The molecular weight excluding hydrogens is 142 g/mol. The summed E-state index contributed by atoms with van der Waals surface area (Å²) in [7, 11) is 0. The van der Waals surface area contributed by atoms with Crippen LogP contribution in [0.15, 0.2) is 18.6 Å². The van der Waals surface area contributed by atoms with Gasteiger partial charge in [-0.05, 0) is 6.92 Å². The van der Waals surface area contributed by atoms with Gasteiger partial charge in [0.1, 0.15) is 6.10 Å². The van der Waals surface area contributed by atoms with Gasteiger partial charge in [-0.15, -0.1) is 0 Å². The van der Waals surface area contributed by atoms with Crippen molar-refractivity contribution in [1.29, 1.82) is 0 Å². The molecule has 0 aliphatic rings. The van der Waals surface area contributed by atoms with E-state index in [2.05, 4.69) is 9.97 Å². The maximum absolute atomic E-state index is 5.35. The Kier molecular flexibility index (Phi) is 2.80. The molecule has 2 N–H and O–H groups in total. The highest BCUT2D eigenvalue weighted by Gasteiger charge is 2.00. The van der Waals surface area contributed by atoms with Gasteiger partial charge in [0.25, 0.3) is 0 Å². The minimum atomic E-state index is -0.00769. The summed E-state index contributed by atoms with van der Waals surface area (Å²) in [5.74, 6) is 0.519. The second kappa shape index (κ2) is 3.88. The van der Waals surface area contributed by atoms with Crippen LogP contribution in [-0.4, -0.2) is 22.6 Å². The van der Waals surface area contributed by atoms with Gasteiger partial charge in [0.2, 0.25) is 5.88 Å². The molecule has 1 atom stereocenters. The lowest BCUT2D eigenvalue weighted by Crippen LogP contribution is -2.23. The highest BCUT2D eigenvalue weighted by Crippen LogP contribution is 2.02. The van der Waals surface area contributed by atoms with Crippen molar-refractivity contribution >= 4 is 0 Å². The molecule has 4 nitrogen and oxygen atoms in total. The third kappa shape index (κ3) is 2.51. The van der Waals surface area contributed by atoms with Crippen molar-refractivity contribution in [3.63, 3.8) is 0 Å². The molecular formula is C7H11N3O. The van der Waals surface area contributed by atoms with Crippen LogP contribution in [0.5, 0.6) is 5.88 Å². The van der Waals surface area contributed by atoms with Gasteiger partial charge >= 0.3 is 0 Å². The smallest absolute Gasteiger partial charge is 0.232 e. The highest BCUT2D eigenvalue weighted by molar-refractivity contribution is 5.01. The molecule has 1 heterocycles. The Morgan fingerprint density at radius 2 is 2.45 bits per heavy atom. The molecule has 4 heteroatoms. The Bertz CT molecular complexity index is 202. The van der Waals surface area contributed by atoms with Crippen LogP contribution in [-0.2, 0) is 0 Å². The molecule has 60 valence electrons. The Morgan fingerprint density at radius 1 is 1.64 bits per heavy atom. The maximum atomic E-state index is 5.35. The molecule has 0 aromatic carbocycles. The number of nitrogens with zero attached hydrogens (tertiary/aromatic N) is 2. The quantitative estimate of drug-likeness (QED) is 0.674. The van der Waals surface area contributed by atoms with Crippen LogP contribution in [0, 0.1) is 0 Å². The van der Waals surface area contributed by atoms with Gasteiger partial charge in [0.15, 0.2) is 0 Å². The molecule has 0 saturated carbocycles. The van der Waals surface area contributed by atoms with E-state index in [4.69, 9.17) is 10.5 Å². The van der Waals surface area contributed by atoms with Gasteiger partial charge in [0, 0.05) is 18.9 Å². The zero-order chi connectivity index (χ0) is 8.10. The van der Waals surface area contributed by atoms with E-state index in [0.717, 1.165) is 0 Å². The van der Waals surface area contributed by atoms with Crippen molar-refractivity contribution in [3.8, 4) is 5.88 Å². The second-order valence-corrected chi connectivity index (χ2v) is 2.21. The first kappa shape index (κ1) is 7.94. The summed E-state index contributed by atoms with van der Waals surface area (Å²) in [6, 6.07) is 0. The van der Waals surface area contributed by atoms with E-state index in [9.17, 15) is 0 Å². The minimum absolute atomic E-state index is 0.00769. The fourth-order valence-electron chi connectivity index (χ4n) is 0.601. The van der Waals surface area contributed by atoms with Gasteiger partial charge in [0.05, 0.1) is 6.20 Å². The van der Waals surface area contributed by atoms with E-state index in [1.807, 2.05) is 6.92 Å². The van der Waals surface area contributed by atoms with E-state index >= 15 is 0 Å². The SMILES string of the molecule is CC(CN)Oc1cnccn1. The van der Waals surface area contributed by atoms with Gasteiger partial charge < -0.3 is 10.5 Å². The summed E-state index contributed by atoms with van der Waals surface area (Å²) >= 11 is 0. The molecule has 0 aliphatic heterocycles. The Labute approximate surface area is 65.4 Å². The van der Waals surface area contributed by atoms with Crippen LogP contribution in [0.2, 0.25) is 0 Å². The lowest BCUT2D eigenvalue weighted by atomic mass is 10.4. The molecule has 0 amide bonds. The Hall–Kier alpha value is -1.16. The van der Waals surface area contributed by atoms with Gasteiger partial charge in [-0.3, -0.25) is 4.98 Å². The molecule has 0 bridgehead atoms. The monoisotopic (exact) mass is 153 g/mol. The number of ether oxygens (including phenoxy) is 1. The molecule has 0 fully saturated rings. The largest absolute Gasteiger partial charge is 0.472 e. The van der Waals surface area contributed by atoms with Crippen molar-refractivity contribution in [3.05, 3.63) is 18.6 Å². The Morgan fingerprint density at radius 3 is 3.00 bits per heavy atom. The van der Waals surface area contributed by atoms with E-state index in [-0.39, 0.29) is 6.10 Å². The average molecular weight is 153 g/mol. The molecule has 1 aromatic rings. The van der Waals surface area contributed by atoms with Crippen LogP contribution in [0.3, 0.4) is 0 Å². The standard InChI is InChI=1S/C7H11N3O/c1-6(4-8)11-7-5-9-2-3-10-7/h2-3,5-6H,4,8H2,1H3.